The molecule has 0 spiro atoms. The smallest absolute Gasteiger partial charge is 0.252 e. The van der Waals surface area contributed by atoms with E-state index in [0.717, 1.165) is 16.7 Å². The van der Waals surface area contributed by atoms with Gasteiger partial charge in [0, 0.05) is 30.2 Å². The lowest BCUT2D eigenvalue weighted by Gasteiger charge is -2.10. The summed E-state index contributed by atoms with van der Waals surface area (Å²) in [4.78, 5) is 22.5. The van der Waals surface area contributed by atoms with Crippen LogP contribution >= 0.6 is 0 Å². The third kappa shape index (κ3) is 1.99. The Hall–Kier alpha value is -2.89. The highest BCUT2D eigenvalue weighted by Crippen LogP contribution is 2.25. The summed E-state index contributed by atoms with van der Waals surface area (Å²) in [6.45, 7) is 0. The van der Waals surface area contributed by atoms with Crippen molar-refractivity contribution >= 4 is 28.3 Å². The molecular formula is C13H11N5O. The maximum atomic E-state index is 11.3. The second kappa shape index (κ2) is 4.41. The number of aromatic nitrogens is 3. The van der Waals surface area contributed by atoms with E-state index in [1.165, 1.54) is 6.20 Å². The molecule has 6 heteroatoms. The van der Waals surface area contributed by atoms with Crippen LogP contribution in [0.2, 0.25) is 0 Å². The molecule has 1 amide bonds. The number of carbonyl (C=O) groups excluding carboxylic acids is 1. The first kappa shape index (κ1) is 11.2. The van der Waals surface area contributed by atoms with Gasteiger partial charge >= 0.3 is 0 Å². The van der Waals surface area contributed by atoms with E-state index in [9.17, 15) is 4.79 Å². The van der Waals surface area contributed by atoms with Crippen molar-refractivity contribution in [2.24, 2.45) is 5.73 Å². The molecule has 0 radical (unpaired) electrons. The molecule has 0 aliphatic heterocycles. The summed E-state index contributed by atoms with van der Waals surface area (Å²) < 4.78 is 0. The average molecular weight is 253 g/mol. The number of primary amides is 1. The average Bonchev–Trinajstić information content (AvgIpc) is 2.88. The van der Waals surface area contributed by atoms with Crippen molar-refractivity contribution < 1.29 is 4.79 Å². The van der Waals surface area contributed by atoms with Crippen LogP contribution in [-0.4, -0.2) is 20.9 Å². The van der Waals surface area contributed by atoms with Gasteiger partial charge in [-0.3, -0.25) is 9.78 Å². The SMILES string of the molecule is NC(=O)c1cnccc1Nc1ccnc2[nH]ccc12. The standard InChI is InChI=1S/C13H11N5O/c14-12(19)9-7-15-4-2-11(9)18-10-3-6-17-13-8(10)1-5-16-13/h1-7H,(H2,14,19)(H2,15,16,17,18). The van der Waals surface area contributed by atoms with E-state index in [1.54, 1.807) is 18.5 Å². The van der Waals surface area contributed by atoms with Gasteiger partial charge in [0.1, 0.15) is 5.65 Å². The highest BCUT2D eigenvalue weighted by atomic mass is 16.1. The number of fused-ring (bicyclic) bond motifs is 1. The molecule has 0 aromatic carbocycles. The van der Waals surface area contributed by atoms with Crippen molar-refractivity contribution in [3.8, 4) is 0 Å². The van der Waals surface area contributed by atoms with Gasteiger partial charge in [-0.2, -0.15) is 0 Å². The van der Waals surface area contributed by atoms with E-state index >= 15 is 0 Å². The van der Waals surface area contributed by atoms with Gasteiger partial charge in [0.15, 0.2) is 0 Å². The lowest BCUT2D eigenvalue weighted by molar-refractivity contribution is 0.100. The molecule has 0 saturated heterocycles. The topological polar surface area (TPSA) is 96.7 Å². The summed E-state index contributed by atoms with van der Waals surface area (Å²) in [7, 11) is 0. The molecule has 3 aromatic rings. The molecule has 3 rings (SSSR count). The molecule has 4 N–H and O–H groups in total. The molecule has 0 aliphatic carbocycles. The number of nitrogens with two attached hydrogens (primary N) is 1. The van der Waals surface area contributed by atoms with Crippen LogP contribution in [0, 0.1) is 0 Å². The predicted octanol–water partition coefficient (Wildman–Crippen LogP) is 1.80. The molecule has 0 aliphatic rings. The van der Waals surface area contributed by atoms with Crippen LogP contribution in [0.15, 0.2) is 43.0 Å². The van der Waals surface area contributed by atoms with E-state index in [-0.39, 0.29) is 0 Å². The van der Waals surface area contributed by atoms with E-state index < -0.39 is 5.91 Å². The van der Waals surface area contributed by atoms with Crippen molar-refractivity contribution in [3.63, 3.8) is 0 Å². The molecular weight excluding hydrogens is 242 g/mol. The number of anilines is 2. The highest BCUT2D eigenvalue weighted by Gasteiger charge is 2.09. The maximum absolute atomic E-state index is 11.3. The van der Waals surface area contributed by atoms with E-state index in [0.29, 0.717) is 11.3 Å². The van der Waals surface area contributed by atoms with Crippen LogP contribution in [-0.2, 0) is 0 Å². The summed E-state index contributed by atoms with van der Waals surface area (Å²) >= 11 is 0. The fourth-order valence-electron chi connectivity index (χ4n) is 1.91. The van der Waals surface area contributed by atoms with Gasteiger partial charge in [-0.15, -0.1) is 0 Å². The normalized spacial score (nSPS) is 10.5. The van der Waals surface area contributed by atoms with E-state index in [1.807, 2.05) is 18.3 Å². The third-order valence-corrected chi connectivity index (χ3v) is 2.82. The largest absolute Gasteiger partial charge is 0.365 e. The van der Waals surface area contributed by atoms with Gasteiger partial charge in [0.25, 0.3) is 5.91 Å². The van der Waals surface area contributed by atoms with Crippen LogP contribution in [0.1, 0.15) is 10.4 Å². The highest BCUT2D eigenvalue weighted by molar-refractivity contribution is 6.00. The van der Waals surface area contributed by atoms with Gasteiger partial charge in [-0.25, -0.2) is 4.98 Å². The van der Waals surface area contributed by atoms with E-state index in [2.05, 4.69) is 20.3 Å². The zero-order valence-electron chi connectivity index (χ0n) is 9.92. The van der Waals surface area contributed by atoms with Crippen molar-refractivity contribution in [1.29, 1.82) is 0 Å². The lowest BCUT2D eigenvalue weighted by atomic mass is 10.2. The molecule has 0 atom stereocenters. The summed E-state index contributed by atoms with van der Waals surface area (Å²) in [5, 5.41) is 4.12. The Bertz CT molecular complexity index is 749. The number of hydrogen-bond acceptors (Lipinski definition) is 4. The van der Waals surface area contributed by atoms with Crippen LogP contribution < -0.4 is 11.1 Å². The molecule has 0 saturated carbocycles. The van der Waals surface area contributed by atoms with Crippen molar-refractivity contribution in [2.45, 2.75) is 0 Å². The fraction of sp³-hybridized carbons (Fsp3) is 0. The number of pyridine rings is 2. The quantitative estimate of drug-likeness (QED) is 0.663. The van der Waals surface area contributed by atoms with Gasteiger partial charge < -0.3 is 16.0 Å². The van der Waals surface area contributed by atoms with Crippen LogP contribution in [0.4, 0.5) is 11.4 Å². The van der Waals surface area contributed by atoms with Gasteiger partial charge in [0.2, 0.25) is 0 Å². The van der Waals surface area contributed by atoms with Crippen LogP contribution in [0.25, 0.3) is 11.0 Å². The van der Waals surface area contributed by atoms with Gasteiger partial charge in [-0.1, -0.05) is 0 Å². The summed E-state index contributed by atoms with van der Waals surface area (Å²) in [6, 6.07) is 5.45. The van der Waals surface area contributed by atoms with E-state index in [4.69, 9.17) is 5.73 Å². The molecule has 94 valence electrons. The Balaban J connectivity index is 2.06. The van der Waals surface area contributed by atoms with Crippen molar-refractivity contribution in [2.75, 3.05) is 5.32 Å². The Kier molecular flexibility index (Phi) is 2.60. The Morgan fingerprint density at radius 2 is 2.05 bits per heavy atom. The second-order valence-electron chi connectivity index (χ2n) is 4.01. The number of amides is 1. The minimum Gasteiger partial charge on any atom is -0.365 e. The zero-order valence-corrected chi connectivity index (χ0v) is 9.92. The Labute approximate surface area is 108 Å². The molecule has 0 unspecified atom stereocenters. The molecule has 19 heavy (non-hydrogen) atoms. The molecule has 0 bridgehead atoms. The van der Waals surface area contributed by atoms with Crippen molar-refractivity contribution in [3.05, 3.63) is 48.5 Å². The zero-order chi connectivity index (χ0) is 13.2. The monoisotopic (exact) mass is 253 g/mol. The third-order valence-electron chi connectivity index (χ3n) is 2.82. The number of nitrogens with zero attached hydrogens (tertiary/aromatic N) is 2. The predicted molar refractivity (Wildman–Crippen MR) is 72.1 cm³/mol. The Morgan fingerprint density at radius 1 is 1.21 bits per heavy atom. The molecule has 3 heterocycles. The minimum atomic E-state index is -0.519. The van der Waals surface area contributed by atoms with Gasteiger partial charge in [0.05, 0.1) is 16.9 Å². The first-order valence-corrected chi connectivity index (χ1v) is 5.68. The number of nitrogens with one attached hydrogen (secondary N) is 2. The summed E-state index contributed by atoms with van der Waals surface area (Å²) in [6.07, 6.45) is 6.54. The van der Waals surface area contributed by atoms with Crippen LogP contribution in [0.3, 0.4) is 0 Å². The number of hydrogen-bond donors (Lipinski definition) is 3. The first-order chi connectivity index (χ1) is 9.25. The van der Waals surface area contributed by atoms with Crippen molar-refractivity contribution in [1.82, 2.24) is 15.0 Å². The van der Waals surface area contributed by atoms with Gasteiger partial charge in [-0.05, 0) is 18.2 Å². The number of aromatic amines is 1. The number of H-pyrrole nitrogens is 1. The summed E-state index contributed by atoms with van der Waals surface area (Å²) in [5.74, 6) is -0.519. The summed E-state index contributed by atoms with van der Waals surface area (Å²) in [5.41, 5.74) is 7.92. The Morgan fingerprint density at radius 3 is 2.89 bits per heavy atom. The molecule has 0 fully saturated rings. The maximum Gasteiger partial charge on any atom is 0.252 e. The lowest BCUT2D eigenvalue weighted by Crippen LogP contribution is -2.13. The first-order valence-electron chi connectivity index (χ1n) is 5.68. The second-order valence-corrected chi connectivity index (χ2v) is 4.01. The number of carbonyl (C=O) groups is 1. The fourth-order valence-corrected chi connectivity index (χ4v) is 1.91. The molecule has 6 nitrogen and oxygen atoms in total. The number of rotatable bonds is 3. The van der Waals surface area contributed by atoms with Crippen LogP contribution in [0.5, 0.6) is 0 Å². The molecule has 3 aromatic heterocycles. The minimum absolute atomic E-state index is 0.350.